The van der Waals surface area contributed by atoms with Gasteiger partial charge in [-0.25, -0.2) is 14.8 Å². The minimum Gasteiger partial charge on any atom is -0.465 e. The molecule has 19 heavy (non-hydrogen) atoms. The van der Waals surface area contributed by atoms with E-state index in [-0.39, 0.29) is 5.82 Å². The van der Waals surface area contributed by atoms with Gasteiger partial charge in [0, 0.05) is 4.88 Å². The molecule has 7 heteroatoms. The molecule has 2 heterocycles. The number of esters is 1. The van der Waals surface area contributed by atoms with Gasteiger partial charge < -0.3 is 15.8 Å². The van der Waals surface area contributed by atoms with E-state index in [1.165, 1.54) is 30.7 Å². The molecule has 0 fully saturated rings. The zero-order valence-electron chi connectivity index (χ0n) is 10.9. The third-order valence-electron chi connectivity index (χ3n) is 2.60. The van der Waals surface area contributed by atoms with Crippen molar-refractivity contribution in [1.82, 2.24) is 9.97 Å². The van der Waals surface area contributed by atoms with Gasteiger partial charge in [-0.3, -0.25) is 0 Å². The number of hydrogen-bond acceptors (Lipinski definition) is 7. The normalized spacial score (nSPS) is 10.3. The number of methoxy groups -OCH3 is 1. The van der Waals surface area contributed by atoms with Crippen LogP contribution in [0.15, 0.2) is 12.3 Å². The first kappa shape index (κ1) is 13.3. The Bertz CT molecular complexity index is 605. The molecule has 0 bridgehead atoms. The molecule has 2 aromatic rings. The fraction of sp³-hybridized carbons (Fsp3) is 0.250. The van der Waals surface area contributed by atoms with Crippen molar-refractivity contribution in [2.24, 2.45) is 0 Å². The molecule has 2 rings (SSSR count). The monoisotopic (exact) mass is 278 g/mol. The zero-order chi connectivity index (χ0) is 14.0. The van der Waals surface area contributed by atoms with E-state index in [4.69, 9.17) is 10.5 Å². The lowest BCUT2D eigenvalue weighted by atomic mass is 10.2. The van der Waals surface area contributed by atoms with Gasteiger partial charge >= 0.3 is 5.97 Å². The number of nitrogens with zero attached hydrogens (tertiary/aromatic N) is 2. The van der Waals surface area contributed by atoms with Crippen LogP contribution in [0.3, 0.4) is 0 Å². The zero-order valence-corrected chi connectivity index (χ0v) is 11.7. The quantitative estimate of drug-likeness (QED) is 0.837. The van der Waals surface area contributed by atoms with Crippen molar-refractivity contribution in [2.75, 3.05) is 18.2 Å². The first-order chi connectivity index (χ1) is 9.01. The lowest BCUT2D eigenvalue weighted by Crippen LogP contribution is -2.07. The van der Waals surface area contributed by atoms with E-state index in [0.717, 1.165) is 10.6 Å². The van der Waals surface area contributed by atoms with Crippen LogP contribution in [0.5, 0.6) is 0 Å². The Kier molecular flexibility index (Phi) is 3.66. The lowest BCUT2D eigenvalue weighted by molar-refractivity contribution is 0.0602. The molecular weight excluding hydrogens is 264 g/mol. The minimum atomic E-state index is -0.471. The summed E-state index contributed by atoms with van der Waals surface area (Å²) < 4.78 is 4.72. The van der Waals surface area contributed by atoms with Gasteiger partial charge in [-0.1, -0.05) is 0 Å². The van der Waals surface area contributed by atoms with Gasteiger partial charge in [0.15, 0.2) is 5.13 Å². The molecule has 3 N–H and O–H groups in total. The van der Waals surface area contributed by atoms with E-state index in [1.54, 1.807) is 0 Å². The Hall–Kier alpha value is -2.15. The van der Waals surface area contributed by atoms with Gasteiger partial charge in [0.1, 0.15) is 5.82 Å². The molecule has 0 aromatic carbocycles. The highest BCUT2D eigenvalue weighted by Gasteiger charge is 2.14. The molecule has 0 unspecified atom stereocenters. The van der Waals surface area contributed by atoms with Gasteiger partial charge in [0.25, 0.3) is 0 Å². The highest BCUT2D eigenvalue weighted by atomic mass is 32.1. The molecule has 0 spiro atoms. The standard InChI is InChI=1S/C12H14N4O2S/c1-6-7(2)19-12(15-6)16-9-5-14-10(13)4-8(9)11(17)18-3/h4-5H,1-3H3,(H2,13,14)(H,15,16). The van der Waals surface area contributed by atoms with Gasteiger partial charge in [0.2, 0.25) is 0 Å². The predicted molar refractivity (Wildman–Crippen MR) is 74.9 cm³/mol. The Morgan fingerprint density at radius 2 is 2.21 bits per heavy atom. The van der Waals surface area contributed by atoms with E-state index in [9.17, 15) is 4.79 Å². The maximum Gasteiger partial charge on any atom is 0.340 e. The van der Waals surface area contributed by atoms with Crippen LogP contribution in [0, 0.1) is 13.8 Å². The molecule has 0 amide bonds. The summed E-state index contributed by atoms with van der Waals surface area (Å²) >= 11 is 1.51. The molecular formula is C12H14N4O2S. The Labute approximate surface area is 114 Å². The van der Waals surface area contributed by atoms with Crippen molar-refractivity contribution in [2.45, 2.75) is 13.8 Å². The SMILES string of the molecule is COC(=O)c1cc(N)ncc1Nc1nc(C)c(C)s1. The summed E-state index contributed by atoms with van der Waals surface area (Å²) in [7, 11) is 1.32. The average molecular weight is 278 g/mol. The Balaban J connectivity index is 2.36. The first-order valence-corrected chi connectivity index (χ1v) is 6.37. The number of thiazole rings is 1. The third-order valence-corrected chi connectivity index (χ3v) is 3.59. The van der Waals surface area contributed by atoms with Crippen molar-refractivity contribution in [3.63, 3.8) is 0 Å². The number of carbonyl (C=O) groups excluding carboxylic acids is 1. The van der Waals surface area contributed by atoms with E-state index in [0.29, 0.717) is 16.4 Å². The molecule has 0 saturated carbocycles. The number of carbonyl (C=O) groups is 1. The van der Waals surface area contributed by atoms with Gasteiger partial charge in [-0.15, -0.1) is 11.3 Å². The smallest absolute Gasteiger partial charge is 0.340 e. The number of nitrogens with one attached hydrogen (secondary N) is 1. The van der Waals surface area contributed by atoms with Gasteiger partial charge in [0.05, 0.1) is 30.3 Å². The molecule has 0 saturated heterocycles. The van der Waals surface area contributed by atoms with Crippen molar-refractivity contribution in [3.05, 3.63) is 28.4 Å². The number of rotatable bonds is 3. The van der Waals surface area contributed by atoms with Crippen LogP contribution in [0.4, 0.5) is 16.6 Å². The van der Waals surface area contributed by atoms with Crippen LogP contribution >= 0.6 is 11.3 Å². The van der Waals surface area contributed by atoms with Crippen LogP contribution in [-0.2, 0) is 4.74 Å². The van der Waals surface area contributed by atoms with E-state index < -0.39 is 5.97 Å². The minimum absolute atomic E-state index is 0.262. The van der Waals surface area contributed by atoms with Crippen molar-refractivity contribution >= 4 is 33.9 Å². The number of ether oxygens (including phenoxy) is 1. The number of hydrogen-bond donors (Lipinski definition) is 2. The summed E-state index contributed by atoms with van der Waals surface area (Å²) in [4.78, 5) is 21.1. The van der Waals surface area contributed by atoms with Crippen molar-refractivity contribution in [1.29, 1.82) is 0 Å². The van der Waals surface area contributed by atoms with Crippen LogP contribution in [0.1, 0.15) is 20.9 Å². The second-order valence-electron chi connectivity index (χ2n) is 3.93. The van der Waals surface area contributed by atoms with Crippen molar-refractivity contribution < 1.29 is 9.53 Å². The summed E-state index contributed by atoms with van der Waals surface area (Å²) in [5, 5.41) is 3.77. The van der Waals surface area contributed by atoms with Crippen LogP contribution < -0.4 is 11.1 Å². The van der Waals surface area contributed by atoms with E-state index >= 15 is 0 Å². The second kappa shape index (κ2) is 5.23. The maximum atomic E-state index is 11.7. The fourth-order valence-electron chi connectivity index (χ4n) is 1.49. The number of pyridine rings is 1. The lowest BCUT2D eigenvalue weighted by Gasteiger charge is -2.08. The first-order valence-electron chi connectivity index (χ1n) is 5.56. The Morgan fingerprint density at radius 3 is 2.79 bits per heavy atom. The summed E-state index contributed by atoms with van der Waals surface area (Å²) in [6.07, 6.45) is 1.49. The molecule has 0 atom stereocenters. The number of nitrogen functional groups attached to an aromatic ring is 1. The highest BCUT2D eigenvalue weighted by molar-refractivity contribution is 7.15. The maximum absolute atomic E-state index is 11.7. The van der Waals surface area contributed by atoms with E-state index in [1.807, 2.05) is 13.8 Å². The largest absolute Gasteiger partial charge is 0.465 e. The summed E-state index contributed by atoms with van der Waals surface area (Å²) in [6.45, 7) is 3.92. The van der Waals surface area contributed by atoms with Crippen LogP contribution in [0.2, 0.25) is 0 Å². The Morgan fingerprint density at radius 1 is 1.47 bits per heavy atom. The molecule has 0 aliphatic carbocycles. The number of nitrogens with two attached hydrogens (primary N) is 1. The van der Waals surface area contributed by atoms with Crippen molar-refractivity contribution in [3.8, 4) is 0 Å². The fourth-order valence-corrected chi connectivity index (χ4v) is 2.32. The average Bonchev–Trinajstić information content (AvgIpc) is 2.69. The molecule has 0 aliphatic rings. The summed E-state index contributed by atoms with van der Waals surface area (Å²) in [5.74, 6) is -0.209. The molecule has 0 aliphatic heterocycles. The third kappa shape index (κ3) is 2.82. The van der Waals surface area contributed by atoms with Gasteiger partial charge in [-0.05, 0) is 19.9 Å². The molecule has 0 radical (unpaired) electrons. The predicted octanol–water partition coefficient (Wildman–Crippen LogP) is 2.27. The topological polar surface area (TPSA) is 90.1 Å². The highest BCUT2D eigenvalue weighted by Crippen LogP contribution is 2.27. The number of anilines is 3. The molecule has 2 aromatic heterocycles. The number of aromatic nitrogens is 2. The number of aryl methyl sites for hydroxylation is 2. The second-order valence-corrected chi connectivity index (χ2v) is 5.14. The summed E-state index contributed by atoms with van der Waals surface area (Å²) in [6, 6.07) is 1.47. The molecule has 6 nitrogen and oxygen atoms in total. The van der Waals surface area contributed by atoms with Crippen LogP contribution in [-0.4, -0.2) is 23.0 Å². The van der Waals surface area contributed by atoms with Gasteiger partial charge in [-0.2, -0.15) is 0 Å². The summed E-state index contributed by atoms with van der Waals surface area (Å²) in [5.41, 5.74) is 7.39. The van der Waals surface area contributed by atoms with Crippen LogP contribution in [0.25, 0.3) is 0 Å². The van der Waals surface area contributed by atoms with E-state index in [2.05, 4.69) is 15.3 Å². The molecule has 100 valence electrons.